The lowest BCUT2D eigenvalue weighted by Gasteiger charge is -2.22. The van der Waals surface area contributed by atoms with Gasteiger partial charge < -0.3 is 10.2 Å². The minimum Gasteiger partial charge on any atom is -0.341 e. The van der Waals surface area contributed by atoms with Crippen molar-refractivity contribution in [3.63, 3.8) is 0 Å². The first-order valence-corrected chi connectivity index (χ1v) is 5.58. The van der Waals surface area contributed by atoms with Crippen molar-refractivity contribution in [1.82, 2.24) is 10.2 Å². The van der Waals surface area contributed by atoms with Crippen LogP contribution in [0.4, 0.5) is 0 Å². The van der Waals surface area contributed by atoms with Crippen LogP contribution >= 0.6 is 0 Å². The molecular weight excluding hydrogens is 176 g/mol. The van der Waals surface area contributed by atoms with E-state index in [0.717, 1.165) is 26.1 Å². The van der Waals surface area contributed by atoms with Gasteiger partial charge in [-0.1, -0.05) is 13.8 Å². The predicted octanol–water partition coefficient (Wildman–Crippen LogP) is 0.997. The maximum Gasteiger partial charge on any atom is 0.223 e. The lowest BCUT2D eigenvalue weighted by Crippen LogP contribution is -2.38. The fourth-order valence-electron chi connectivity index (χ4n) is 2.53. The monoisotopic (exact) mass is 196 g/mol. The average molecular weight is 196 g/mol. The Hall–Kier alpha value is -0.570. The van der Waals surface area contributed by atoms with Gasteiger partial charge in [-0.25, -0.2) is 0 Å². The van der Waals surface area contributed by atoms with Gasteiger partial charge in [-0.2, -0.15) is 0 Å². The summed E-state index contributed by atoms with van der Waals surface area (Å²) in [7, 11) is 0. The molecule has 3 heteroatoms. The first kappa shape index (κ1) is 9.97. The highest BCUT2D eigenvalue weighted by molar-refractivity contribution is 5.79. The van der Waals surface area contributed by atoms with Crippen molar-refractivity contribution in [2.45, 2.75) is 39.2 Å². The SMILES string of the molecule is CC1(C)CC(=O)N(CC2CCCN2)C1. The largest absolute Gasteiger partial charge is 0.341 e. The van der Waals surface area contributed by atoms with Crippen LogP contribution in [0.5, 0.6) is 0 Å². The molecule has 0 aromatic heterocycles. The fraction of sp³-hybridized carbons (Fsp3) is 0.909. The quantitative estimate of drug-likeness (QED) is 0.714. The summed E-state index contributed by atoms with van der Waals surface area (Å²) >= 11 is 0. The van der Waals surface area contributed by atoms with Gasteiger partial charge in [0.15, 0.2) is 0 Å². The molecule has 2 aliphatic heterocycles. The van der Waals surface area contributed by atoms with Crippen LogP contribution < -0.4 is 5.32 Å². The van der Waals surface area contributed by atoms with E-state index < -0.39 is 0 Å². The van der Waals surface area contributed by atoms with Gasteiger partial charge in [0.1, 0.15) is 0 Å². The van der Waals surface area contributed by atoms with Crippen LogP contribution in [0.2, 0.25) is 0 Å². The van der Waals surface area contributed by atoms with Crippen LogP contribution in [0.1, 0.15) is 33.1 Å². The molecule has 0 radical (unpaired) electrons. The van der Waals surface area contributed by atoms with E-state index in [9.17, 15) is 4.79 Å². The van der Waals surface area contributed by atoms with E-state index in [1.165, 1.54) is 12.8 Å². The molecule has 2 rings (SSSR count). The summed E-state index contributed by atoms with van der Waals surface area (Å²) in [6.45, 7) is 7.32. The van der Waals surface area contributed by atoms with Crippen molar-refractivity contribution in [2.75, 3.05) is 19.6 Å². The van der Waals surface area contributed by atoms with Gasteiger partial charge >= 0.3 is 0 Å². The molecule has 3 nitrogen and oxygen atoms in total. The van der Waals surface area contributed by atoms with Crippen molar-refractivity contribution in [1.29, 1.82) is 0 Å². The number of nitrogens with one attached hydrogen (secondary N) is 1. The Morgan fingerprint density at radius 1 is 1.57 bits per heavy atom. The third kappa shape index (κ3) is 2.08. The number of amides is 1. The average Bonchev–Trinajstić information content (AvgIpc) is 2.61. The fourth-order valence-corrected chi connectivity index (χ4v) is 2.53. The van der Waals surface area contributed by atoms with Gasteiger partial charge in [-0.15, -0.1) is 0 Å². The summed E-state index contributed by atoms with van der Waals surface area (Å²) in [6, 6.07) is 0.549. The van der Waals surface area contributed by atoms with E-state index >= 15 is 0 Å². The zero-order chi connectivity index (χ0) is 10.2. The molecule has 80 valence electrons. The number of hydrogen-bond acceptors (Lipinski definition) is 2. The van der Waals surface area contributed by atoms with Gasteiger partial charge in [-0.3, -0.25) is 4.79 Å². The molecule has 1 unspecified atom stereocenters. The first-order chi connectivity index (χ1) is 6.57. The smallest absolute Gasteiger partial charge is 0.223 e. The summed E-state index contributed by atoms with van der Waals surface area (Å²) in [4.78, 5) is 13.7. The zero-order valence-corrected chi connectivity index (χ0v) is 9.18. The molecule has 1 amide bonds. The van der Waals surface area contributed by atoms with Gasteiger partial charge in [0.2, 0.25) is 5.91 Å². The molecule has 0 spiro atoms. The van der Waals surface area contributed by atoms with Gasteiger partial charge in [0.05, 0.1) is 0 Å². The van der Waals surface area contributed by atoms with Crippen LogP contribution in [0.25, 0.3) is 0 Å². The van der Waals surface area contributed by atoms with Crippen molar-refractivity contribution < 1.29 is 4.79 Å². The molecule has 2 aliphatic rings. The molecule has 2 saturated heterocycles. The third-order valence-electron chi connectivity index (χ3n) is 3.20. The van der Waals surface area contributed by atoms with E-state index in [1.807, 2.05) is 4.90 Å². The van der Waals surface area contributed by atoms with Crippen molar-refractivity contribution in [3.8, 4) is 0 Å². The first-order valence-electron chi connectivity index (χ1n) is 5.58. The highest BCUT2D eigenvalue weighted by Gasteiger charge is 2.36. The standard InChI is InChI=1S/C11H20N2O/c1-11(2)6-10(14)13(8-11)7-9-4-3-5-12-9/h9,12H,3-8H2,1-2H3. The van der Waals surface area contributed by atoms with Gasteiger partial charge in [-0.05, 0) is 24.8 Å². The van der Waals surface area contributed by atoms with Gasteiger partial charge in [0, 0.05) is 25.6 Å². The molecule has 0 aliphatic carbocycles. The lowest BCUT2D eigenvalue weighted by molar-refractivity contribution is -0.128. The summed E-state index contributed by atoms with van der Waals surface area (Å²) in [5, 5.41) is 3.44. The van der Waals surface area contributed by atoms with Crippen molar-refractivity contribution in [3.05, 3.63) is 0 Å². The topological polar surface area (TPSA) is 32.3 Å². The van der Waals surface area contributed by atoms with Gasteiger partial charge in [0.25, 0.3) is 0 Å². The van der Waals surface area contributed by atoms with Crippen LogP contribution in [0, 0.1) is 5.41 Å². The van der Waals surface area contributed by atoms with Crippen LogP contribution in [-0.4, -0.2) is 36.5 Å². The maximum absolute atomic E-state index is 11.7. The van der Waals surface area contributed by atoms with E-state index in [1.54, 1.807) is 0 Å². The number of hydrogen-bond donors (Lipinski definition) is 1. The van der Waals surface area contributed by atoms with E-state index in [0.29, 0.717) is 11.9 Å². The lowest BCUT2D eigenvalue weighted by atomic mass is 9.93. The summed E-state index contributed by atoms with van der Waals surface area (Å²) < 4.78 is 0. The van der Waals surface area contributed by atoms with E-state index in [4.69, 9.17) is 0 Å². The van der Waals surface area contributed by atoms with Crippen LogP contribution in [-0.2, 0) is 4.79 Å². The minimum atomic E-state index is 0.190. The number of carbonyl (C=O) groups excluding carboxylic acids is 1. The number of nitrogens with zero attached hydrogens (tertiary/aromatic N) is 1. The molecule has 2 heterocycles. The maximum atomic E-state index is 11.7. The predicted molar refractivity (Wildman–Crippen MR) is 56.0 cm³/mol. The Morgan fingerprint density at radius 2 is 2.36 bits per heavy atom. The molecular formula is C11H20N2O. The van der Waals surface area contributed by atoms with E-state index in [2.05, 4.69) is 19.2 Å². The summed E-state index contributed by atoms with van der Waals surface area (Å²) in [5.74, 6) is 0.337. The van der Waals surface area contributed by atoms with Crippen molar-refractivity contribution in [2.24, 2.45) is 5.41 Å². The molecule has 14 heavy (non-hydrogen) atoms. The normalized spacial score (nSPS) is 31.4. The van der Waals surface area contributed by atoms with Crippen LogP contribution in [0.3, 0.4) is 0 Å². The second-order valence-electron chi connectivity index (χ2n) is 5.41. The Bertz CT molecular complexity index is 231. The van der Waals surface area contributed by atoms with Crippen LogP contribution in [0.15, 0.2) is 0 Å². The third-order valence-corrected chi connectivity index (χ3v) is 3.20. The molecule has 1 N–H and O–H groups in total. The molecule has 0 saturated carbocycles. The molecule has 0 aromatic carbocycles. The molecule has 2 fully saturated rings. The highest BCUT2D eigenvalue weighted by atomic mass is 16.2. The second-order valence-corrected chi connectivity index (χ2v) is 5.41. The van der Waals surface area contributed by atoms with E-state index in [-0.39, 0.29) is 5.41 Å². The highest BCUT2D eigenvalue weighted by Crippen LogP contribution is 2.30. The summed E-state index contributed by atoms with van der Waals surface area (Å²) in [6.07, 6.45) is 3.21. The Balaban J connectivity index is 1.89. The summed E-state index contributed by atoms with van der Waals surface area (Å²) in [5.41, 5.74) is 0.190. The minimum absolute atomic E-state index is 0.190. The molecule has 1 atom stereocenters. The zero-order valence-electron chi connectivity index (χ0n) is 9.18. The van der Waals surface area contributed by atoms with Crippen molar-refractivity contribution >= 4 is 5.91 Å². The molecule has 0 aromatic rings. The Labute approximate surface area is 85.8 Å². The Kier molecular flexibility index (Phi) is 2.52. The number of likely N-dealkylation sites (tertiary alicyclic amines) is 1. The number of carbonyl (C=O) groups is 1. The Morgan fingerprint density at radius 3 is 2.86 bits per heavy atom. The number of rotatable bonds is 2. The second kappa shape index (κ2) is 3.54. The molecule has 0 bridgehead atoms.